The molecule has 88 valence electrons. The Kier molecular flexibility index (Phi) is 2.91. The molecule has 0 spiro atoms. The van der Waals surface area contributed by atoms with Gasteiger partial charge in [0.05, 0.1) is 12.1 Å². The Hall–Kier alpha value is -2.17. The number of esters is 1. The van der Waals surface area contributed by atoms with Crippen molar-refractivity contribution in [2.75, 3.05) is 6.61 Å². The molecule has 2 aromatic heterocycles. The van der Waals surface area contributed by atoms with E-state index in [0.717, 1.165) is 5.69 Å². The summed E-state index contributed by atoms with van der Waals surface area (Å²) in [5.41, 5.74) is 1.64. The summed E-state index contributed by atoms with van der Waals surface area (Å²) in [4.78, 5) is 19.8. The van der Waals surface area contributed by atoms with Crippen LogP contribution in [-0.2, 0) is 4.74 Å². The average molecular weight is 232 g/mol. The normalized spacial score (nSPS) is 10.5. The first-order valence-electron chi connectivity index (χ1n) is 5.26. The van der Waals surface area contributed by atoms with Crippen LogP contribution in [0.4, 0.5) is 0 Å². The minimum atomic E-state index is -0.595. The molecule has 0 unspecified atom stereocenters. The van der Waals surface area contributed by atoms with Crippen molar-refractivity contribution in [1.82, 2.24) is 9.97 Å². The van der Waals surface area contributed by atoms with Gasteiger partial charge in [-0.3, -0.25) is 4.98 Å². The number of carbonyl (C=O) groups is 1. The van der Waals surface area contributed by atoms with E-state index >= 15 is 0 Å². The summed E-state index contributed by atoms with van der Waals surface area (Å²) >= 11 is 0. The van der Waals surface area contributed by atoms with Gasteiger partial charge in [0.2, 0.25) is 0 Å². The van der Waals surface area contributed by atoms with Crippen LogP contribution in [0.3, 0.4) is 0 Å². The van der Waals surface area contributed by atoms with Crippen molar-refractivity contribution in [3.05, 3.63) is 29.6 Å². The fourth-order valence-electron chi connectivity index (χ4n) is 1.51. The molecule has 0 amide bonds. The average Bonchev–Trinajstić information content (AvgIpc) is 2.30. The molecule has 1 N–H and O–H groups in total. The van der Waals surface area contributed by atoms with Gasteiger partial charge in [0, 0.05) is 11.9 Å². The third kappa shape index (κ3) is 2.04. The Morgan fingerprint density at radius 1 is 1.47 bits per heavy atom. The van der Waals surface area contributed by atoms with Crippen LogP contribution in [-0.4, -0.2) is 27.7 Å². The van der Waals surface area contributed by atoms with Gasteiger partial charge in [-0.25, -0.2) is 9.78 Å². The van der Waals surface area contributed by atoms with Gasteiger partial charge in [-0.1, -0.05) is 0 Å². The summed E-state index contributed by atoms with van der Waals surface area (Å²) in [7, 11) is 0. The SMILES string of the molecule is CCOC(=O)c1cnc2ccc(C)nc2c1O. The Morgan fingerprint density at radius 3 is 2.94 bits per heavy atom. The second-order valence-electron chi connectivity index (χ2n) is 3.56. The summed E-state index contributed by atoms with van der Waals surface area (Å²) < 4.78 is 4.82. The zero-order valence-electron chi connectivity index (χ0n) is 9.60. The molecule has 2 aromatic rings. The molecule has 17 heavy (non-hydrogen) atoms. The molecule has 5 heteroatoms. The second-order valence-corrected chi connectivity index (χ2v) is 3.56. The molecule has 5 nitrogen and oxygen atoms in total. The molecule has 0 aromatic carbocycles. The summed E-state index contributed by atoms with van der Waals surface area (Å²) in [6.07, 6.45) is 1.30. The third-order valence-corrected chi connectivity index (χ3v) is 2.32. The van der Waals surface area contributed by atoms with Crippen molar-refractivity contribution in [1.29, 1.82) is 0 Å². The Morgan fingerprint density at radius 2 is 2.24 bits per heavy atom. The molecule has 0 aliphatic carbocycles. The van der Waals surface area contributed by atoms with E-state index in [4.69, 9.17) is 4.74 Å². The van der Waals surface area contributed by atoms with E-state index in [1.54, 1.807) is 26.0 Å². The quantitative estimate of drug-likeness (QED) is 0.799. The lowest BCUT2D eigenvalue weighted by molar-refractivity contribution is 0.0523. The maximum Gasteiger partial charge on any atom is 0.343 e. The predicted molar refractivity (Wildman–Crippen MR) is 61.9 cm³/mol. The lowest BCUT2D eigenvalue weighted by Crippen LogP contribution is -2.06. The lowest BCUT2D eigenvalue weighted by Gasteiger charge is -2.06. The van der Waals surface area contributed by atoms with Crippen molar-refractivity contribution >= 4 is 17.0 Å². The first kappa shape index (κ1) is 11.3. The number of ether oxygens (including phenoxy) is 1. The number of aromatic hydroxyl groups is 1. The topological polar surface area (TPSA) is 72.3 Å². The zero-order chi connectivity index (χ0) is 12.4. The number of aryl methyl sites for hydroxylation is 1. The van der Waals surface area contributed by atoms with Crippen LogP contribution in [0.25, 0.3) is 11.0 Å². The maximum absolute atomic E-state index is 11.5. The van der Waals surface area contributed by atoms with E-state index < -0.39 is 5.97 Å². The van der Waals surface area contributed by atoms with Crippen LogP contribution < -0.4 is 0 Å². The summed E-state index contributed by atoms with van der Waals surface area (Å²) in [6, 6.07) is 3.53. The van der Waals surface area contributed by atoms with Gasteiger partial charge in [-0.15, -0.1) is 0 Å². The largest absolute Gasteiger partial charge is 0.505 e. The zero-order valence-corrected chi connectivity index (χ0v) is 9.60. The van der Waals surface area contributed by atoms with Crippen molar-refractivity contribution < 1.29 is 14.6 Å². The molecule has 0 atom stereocenters. The van der Waals surface area contributed by atoms with Gasteiger partial charge in [0.1, 0.15) is 11.1 Å². The summed E-state index contributed by atoms with van der Waals surface area (Å²) in [6.45, 7) is 3.75. The summed E-state index contributed by atoms with van der Waals surface area (Å²) in [5.74, 6) is -0.778. The second kappa shape index (κ2) is 4.37. The van der Waals surface area contributed by atoms with Crippen molar-refractivity contribution in [3.8, 4) is 5.75 Å². The van der Waals surface area contributed by atoms with Gasteiger partial charge in [-0.2, -0.15) is 0 Å². The highest BCUT2D eigenvalue weighted by Crippen LogP contribution is 2.25. The monoisotopic (exact) mass is 232 g/mol. The number of aromatic nitrogens is 2. The first-order valence-corrected chi connectivity index (χ1v) is 5.26. The van der Waals surface area contributed by atoms with E-state index in [0.29, 0.717) is 11.0 Å². The van der Waals surface area contributed by atoms with Gasteiger partial charge in [-0.05, 0) is 26.0 Å². The molecule has 0 saturated carbocycles. The van der Waals surface area contributed by atoms with Gasteiger partial charge in [0.25, 0.3) is 0 Å². The number of rotatable bonds is 2. The minimum absolute atomic E-state index is 0.0393. The minimum Gasteiger partial charge on any atom is -0.505 e. The Balaban J connectivity index is 2.60. The van der Waals surface area contributed by atoms with Gasteiger partial charge < -0.3 is 9.84 Å². The predicted octanol–water partition coefficient (Wildman–Crippen LogP) is 1.82. The van der Waals surface area contributed by atoms with Crippen LogP contribution in [0.15, 0.2) is 18.3 Å². The lowest BCUT2D eigenvalue weighted by atomic mass is 10.2. The molecule has 0 aliphatic heterocycles. The smallest absolute Gasteiger partial charge is 0.343 e. The third-order valence-electron chi connectivity index (χ3n) is 2.32. The highest BCUT2D eigenvalue weighted by Gasteiger charge is 2.16. The molecular formula is C12H12N2O3. The number of fused-ring (bicyclic) bond motifs is 1. The molecule has 0 fully saturated rings. The van der Waals surface area contributed by atoms with Crippen molar-refractivity contribution in [3.63, 3.8) is 0 Å². The fraction of sp³-hybridized carbons (Fsp3) is 0.250. The molecule has 2 heterocycles. The molecule has 0 saturated heterocycles. The van der Waals surface area contributed by atoms with Gasteiger partial charge >= 0.3 is 5.97 Å². The van der Waals surface area contributed by atoms with Crippen molar-refractivity contribution in [2.45, 2.75) is 13.8 Å². The molecule has 0 bridgehead atoms. The van der Waals surface area contributed by atoms with Crippen LogP contribution >= 0.6 is 0 Å². The molecular weight excluding hydrogens is 220 g/mol. The van der Waals surface area contributed by atoms with E-state index in [2.05, 4.69) is 9.97 Å². The molecule has 0 radical (unpaired) electrons. The fourth-order valence-corrected chi connectivity index (χ4v) is 1.51. The van der Waals surface area contributed by atoms with Crippen LogP contribution in [0.5, 0.6) is 5.75 Å². The highest BCUT2D eigenvalue weighted by atomic mass is 16.5. The van der Waals surface area contributed by atoms with Crippen molar-refractivity contribution in [2.24, 2.45) is 0 Å². The Bertz CT molecular complexity index is 581. The van der Waals surface area contributed by atoms with E-state index in [9.17, 15) is 9.90 Å². The van der Waals surface area contributed by atoms with E-state index in [-0.39, 0.29) is 17.9 Å². The van der Waals surface area contributed by atoms with Gasteiger partial charge in [0.15, 0.2) is 5.75 Å². The Labute approximate surface area is 98.1 Å². The maximum atomic E-state index is 11.5. The van der Waals surface area contributed by atoms with Crippen LogP contribution in [0.2, 0.25) is 0 Å². The van der Waals surface area contributed by atoms with Crippen LogP contribution in [0, 0.1) is 6.92 Å². The number of hydrogen-bond acceptors (Lipinski definition) is 5. The number of hydrogen-bond donors (Lipinski definition) is 1. The highest BCUT2D eigenvalue weighted by molar-refractivity contribution is 5.97. The van der Waals surface area contributed by atoms with Crippen LogP contribution in [0.1, 0.15) is 23.0 Å². The van der Waals surface area contributed by atoms with E-state index in [1.165, 1.54) is 6.20 Å². The van der Waals surface area contributed by atoms with E-state index in [1.807, 2.05) is 0 Å². The standard InChI is InChI=1S/C12H12N2O3/c1-3-17-12(16)8-6-13-9-5-4-7(2)14-10(9)11(8)15/h4-6H,3H2,1-2H3,(H,13,15). The first-order chi connectivity index (χ1) is 8.13. The number of pyridine rings is 2. The molecule has 2 rings (SSSR count). The number of carbonyl (C=O) groups excluding carboxylic acids is 1. The summed E-state index contributed by atoms with van der Waals surface area (Å²) in [5, 5.41) is 9.97. The number of nitrogens with zero attached hydrogens (tertiary/aromatic N) is 2. The molecule has 0 aliphatic rings.